The molecule has 0 saturated carbocycles. The van der Waals surface area contributed by atoms with Crippen molar-refractivity contribution in [3.8, 4) is 11.1 Å². The second-order valence-corrected chi connectivity index (χ2v) is 7.39. The van der Waals surface area contributed by atoms with Crippen LogP contribution in [0, 0.1) is 5.82 Å². The summed E-state index contributed by atoms with van der Waals surface area (Å²) in [6.07, 6.45) is 1.47. The summed E-state index contributed by atoms with van der Waals surface area (Å²) in [6, 6.07) is 11.6. The molecule has 1 saturated heterocycles. The highest BCUT2D eigenvalue weighted by atomic mass is 35.5. The molecule has 0 radical (unpaired) electrons. The summed E-state index contributed by atoms with van der Waals surface area (Å²) < 4.78 is 15.8. The van der Waals surface area contributed by atoms with E-state index in [1.165, 1.54) is 23.0 Å². The summed E-state index contributed by atoms with van der Waals surface area (Å²) in [5.41, 5.74) is -0.609. The predicted molar refractivity (Wildman–Crippen MR) is 111 cm³/mol. The van der Waals surface area contributed by atoms with Crippen molar-refractivity contribution in [2.75, 3.05) is 6.54 Å². The molecule has 1 aliphatic heterocycles. The third-order valence-electron chi connectivity index (χ3n) is 5.12. The monoisotopic (exact) mass is 441 g/mol. The van der Waals surface area contributed by atoms with Crippen LogP contribution in [0.1, 0.15) is 16.1 Å². The molecule has 1 unspecified atom stereocenters. The van der Waals surface area contributed by atoms with E-state index in [0.717, 1.165) is 0 Å². The van der Waals surface area contributed by atoms with Crippen LogP contribution in [0.25, 0.3) is 11.1 Å². The van der Waals surface area contributed by atoms with Crippen LogP contribution in [-0.4, -0.2) is 34.2 Å². The molecule has 1 atom stereocenters. The normalized spacial score (nSPS) is 17.9. The molecule has 1 fully saturated rings. The Kier molecular flexibility index (Phi) is 5.20. The Morgan fingerprint density at radius 3 is 2.55 bits per heavy atom. The van der Waals surface area contributed by atoms with Crippen molar-refractivity contribution in [1.29, 1.82) is 0 Å². The average Bonchev–Trinajstić information content (AvgIpc) is 3.29. The topological polar surface area (TPSA) is 105 Å². The third-order valence-corrected chi connectivity index (χ3v) is 5.43. The van der Waals surface area contributed by atoms with Gasteiger partial charge in [-0.2, -0.15) is 5.10 Å². The van der Waals surface area contributed by atoms with Crippen molar-refractivity contribution in [3.63, 3.8) is 0 Å². The molecule has 1 aliphatic rings. The van der Waals surface area contributed by atoms with Gasteiger partial charge >= 0.3 is 6.03 Å². The fourth-order valence-corrected chi connectivity index (χ4v) is 3.90. The van der Waals surface area contributed by atoms with Crippen LogP contribution in [0.2, 0.25) is 5.02 Å². The van der Waals surface area contributed by atoms with Gasteiger partial charge in [0, 0.05) is 18.8 Å². The van der Waals surface area contributed by atoms with E-state index in [1.54, 1.807) is 43.4 Å². The van der Waals surface area contributed by atoms with Gasteiger partial charge in [0.15, 0.2) is 5.54 Å². The molecule has 3 aromatic rings. The Morgan fingerprint density at radius 1 is 1.16 bits per heavy atom. The van der Waals surface area contributed by atoms with Gasteiger partial charge < -0.3 is 10.6 Å². The molecule has 0 spiro atoms. The largest absolute Gasteiger partial charge is 0.349 e. The van der Waals surface area contributed by atoms with Crippen molar-refractivity contribution in [2.45, 2.75) is 5.54 Å². The Labute approximate surface area is 181 Å². The molecule has 3 N–H and O–H groups in total. The molecule has 2 aromatic carbocycles. The van der Waals surface area contributed by atoms with Crippen LogP contribution >= 0.6 is 11.6 Å². The first-order valence-corrected chi connectivity index (χ1v) is 9.65. The second kappa shape index (κ2) is 7.84. The van der Waals surface area contributed by atoms with Gasteiger partial charge in [-0.05, 0) is 23.8 Å². The number of carbonyl (C=O) groups excluding carboxylic acids is 3. The number of rotatable bonds is 5. The van der Waals surface area contributed by atoms with E-state index >= 15 is 0 Å². The maximum Gasteiger partial charge on any atom is 0.322 e. The van der Waals surface area contributed by atoms with Crippen LogP contribution in [0.15, 0.2) is 54.7 Å². The first-order valence-electron chi connectivity index (χ1n) is 9.27. The zero-order valence-corrected chi connectivity index (χ0v) is 17.0. The number of benzene rings is 2. The minimum atomic E-state index is -1.56. The number of nitrogens with zero attached hydrogens (tertiary/aromatic N) is 2. The summed E-state index contributed by atoms with van der Waals surface area (Å²) >= 11 is 6.29. The molecule has 2 heterocycles. The van der Waals surface area contributed by atoms with Crippen LogP contribution in [0.4, 0.5) is 9.18 Å². The highest BCUT2D eigenvalue weighted by molar-refractivity contribution is 6.34. The number of nitrogens with one attached hydrogen (secondary N) is 3. The molecule has 1 aromatic heterocycles. The first-order chi connectivity index (χ1) is 14.8. The zero-order chi connectivity index (χ0) is 22.2. The fraction of sp³-hybridized carbons (Fsp3) is 0.143. The Hall–Kier alpha value is -3.72. The van der Waals surface area contributed by atoms with E-state index in [0.29, 0.717) is 11.3 Å². The van der Waals surface area contributed by atoms with Crippen molar-refractivity contribution >= 4 is 29.4 Å². The highest BCUT2D eigenvalue weighted by Gasteiger charge is 2.50. The minimum Gasteiger partial charge on any atom is -0.349 e. The van der Waals surface area contributed by atoms with Crippen molar-refractivity contribution in [1.82, 2.24) is 25.7 Å². The SMILES string of the molecule is Cn1nccc1C1(CNC(=O)c2c(Cl)cccc2-c2ccccc2F)NC(=O)NC1=O. The smallest absolute Gasteiger partial charge is 0.322 e. The lowest BCUT2D eigenvalue weighted by molar-refractivity contribution is -0.124. The van der Waals surface area contributed by atoms with Gasteiger partial charge in [-0.15, -0.1) is 0 Å². The second-order valence-electron chi connectivity index (χ2n) is 6.98. The van der Waals surface area contributed by atoms with Gasteiger partial charge in [0.2, 0.25) is 0 Å². The van der Waals surface area contributed by atoms with Crippen LogP contribution < -0.4 is 16.0 Å². The van der Waals surface area contributed by atoms with Gasteiger partial charge in [0.1, 0.15) is 5.82 Å². The van der Waals surface area contributed by atoms with Gasteiger partial charge in [-0.25, -0.2) is 9.18 Å². The van der Waals surface area contributed by atoms with Crippen molar-refractivity contribution in [3.05, 3.63) is 76.8 Å². The summed E-state index contributed by atoms with van der Waals surface area (Å²) in [7, 11) is 1.61. The van der Waals surface area contributed by atoms with Crippen molar-refractivity contribution < 1.29 is 18.8 Å². The fourth-order valence-electron chi connectivity index (χ4n) is 3.64. The van der Waals surface area contributed by atoms with E-state index in [1.807, 2.05) is 0 Å². The Morgan fingerprint density at radius 2 is 1.90 bits per heavy atom. The quantitative estimate of drug-likeness (QED) is 0.528. The molecule has 158 valence electrons. The lowest BCUT2D eigenvalue weighted by Gasteiger charge is -2.26. The highest BCUT2D eigenvalue weighted by Crippen LogP contribution is 2.31. The molecule has 0 bridgehead atoms. The zero-order valence-electron chi connectivity index (χ0n) is 16.3. The van der Waals surface area contributed by atoms with E-state index < -0.39 is 29.2 Å². The number of hydrogen-bond donors (Lipinski definition) is 3. The van der Waals surface area contributed by atoms with Gasteiger partial charge in [0.25, 0.3) is 11.8 Å². The minimum absolute atomic E-state index is 0.0548. The summed E-state index contributed by atoms with van der Waals surface area (Å²) in [5.74, 6) is -1.76. The maximum atomic E-state index is 14.4. The standard InChI is InChI=1S/C21H17ClFN5O3/c1-28-16(9-10-25-28)21(19(30)26-20(31)27-21)11-24-18(29)17-13(6-4-7-14(17)22)12-5-2-3-8-15(12)23/h2-10H,11H2,1H3,(H,24,29)(H2,26,27,30,31). The van der Waals surface area contributed by atoms with Gasteiger partial charge in [-0.3, -0.25) is 19.6 Å². The lowest BCUT2D eigenvalue weighted by atomic mass is 9.94. The molecule has 4 amide bonds. The van der Waals surface area contributed by atoms with Crippen LogP contribution in [0.3, 0.4) is 0 Å². The molecule has 31 heavy (non-hydrogen) atoms. The number of amides is 4. The molecular formula is C21H17ClFN5O3. The number of aryl methyl sites for hydroxylation is 1. The van der Waals surface area contributed by atoms with Crippen LogP contribution in [-0.2, 0) is 17.4 Å². The van der Waals surface area contributed by atoms with Crippen LogP contribution in [0.5, 0.6) is 0 Å². The van der Waals surface area contributed by atoms with Gasteiger partial charge in [-0.1, -0.05) is 41.9 Å². The van der Waals surface area contributed by atoms with E-state index in [2.05, 4.69) is 21.0 Å². The Balaban J connectivity index is 1.69. The van der Waals surface area contributed by atoms with E-state index in [4.69, 9.17) is 11.6 Å². The maximum absolute atomic E-state index is 14.4. The predicted octanol–water partition coefficient (Wildman–Crippen LogP) is 2.34. The lowest BCUT2D eigenvalue weighted by Crippen LogP contribution is -2.53. The van der Waals surface area contributed by atoms with E-state index in [9.17, 15) is 18.8 Å². The Bertz CT molecular complexity index is 1210. The number of aromatic nitrogens is 2. The number of carbonyl (C=O) groups is 3. The number of imide groups is 1. The molecule has 10 heteroatoms. The molecule has 8 nitrogen and oxygen atoms in total. The summed E-state index contributed by atoms with van der Waals surface area (Å²) in [4.78, 5) is 37.6. The summed E-state index contributed by atoms with van der Waals surface area (Å²) in [6.45, 7) is -0.273. The number of halogens is 2. The average molecular weight is 442 g/mol. The number of hydrogen-bond acceptors (Lipinski definition) is 4. The summed E-state index contributed by atoms with van der Waals surface area (Å²) in [5, 5.41) is 11.6. The van der Waals surface area contributed by atoms with Crippen molar-refractivity contribution in [2.24, 2.45) is 7.05 Å². The number of urea groups is 1. The third kappa shape index (κ3) is 3.53. The molecule has 0 aliphatic carbocycles. The van der Waals surface area contributed by atoms with Gasteiger partial charge in [0.05, 0.1) is 22.8 Å². The first kappa shape index (κ1) is 20.5. The molecular weight excluding hydrogens is 425 g/mol. The van der Waals surface area contributed by atoms with E-state index in [-0.39, 0.29) is 22.7 Å². The molecule has 4 rings (SSSR count).